The Morgan fingerprint density at radius 1 is 1.12 bits per heavy atom. The highest BCUT2D eigenvalue weighted by molar-refractivity contribution is 5.74. The zero-order chi connectivity index (χ0) is 12.4. The van der Waals surface area contributed by atoms with Gasteiger partial charge >= 0.3 is 0 Å². The van der Waals surface area contributed by atoms with Crippen LogP contribution < -0.4 is 11.1 Å². The van der Waals surface area contributed by atoms with Gasteiger partial charge in [-0.3, -0.25) is 0 Å². The molecule has 0 aliphatic heterocycles. The maximum absolute atomic E-state index is 13.6. The standard InChI is InChI=1S/C14H15FN2/c1-9-6-7-13(12(16)8-9)17-14-10(2)4-3-5-11(14)15/h3-8,17H,16H2,1-2H3. The molecular weight excluding hydrogens is 215 g/mol. The molecule has 0 radical (unpaired) electrons. The summed E-state index contributed by atoms with van der Waals surface area (Å²) in [4.78, 5) is 0. The predicted octanol–water partition coefficient (Wildman–Crippen LogP) is 3.77. The Morgan fingerprint density at radius 2 is 1.88 bits per heavy atom. The van der Waals surface area contributed by atoms with E-state index in [0.717, 1.165) is 16.8 Å². The number of aryl methyl sites for hydroxylation is 2. The van der Waals surface area contributed by atoms with Crippen molar-refractivity contribution in [2.24, 2.45) is 0 Å². The van der Waals surface area contributed by atoms with Crippen LogP contribution >= 0.6 is 0 Å². The van der Waals surface area contributed by atoms with Crippen molar-refractivity contribution in [3.63, 3.8) is 0 Å². The van der Waals surface area contributed by atoms with Gasteiger partial charge in [0.15, 0.2) is 0 Å². The number of hydrogen-bond donors (Lipinski definition) is 2. The molecule has 3 heteroatoms. The van der Waals surface area contributed by atoms with Crippen LogP contribution in [0.5, 0.6) is 0 Å². The molecule has 3 N–H and O–H groups in total. The Labute approximate surface area is 100 Å². The molecule has 0 amide bonds. The van der Waals surface area contributed by atoms with E-state index in [9.17, 15) is 4.39 Å². The van der Waals surface area contributed by atoms with Crippen molar-refractivity contribution >= 4 is 17.1 Å². The van der Waals surface area contributed by atoms with Crippen LogP contribution in [0, 0.1) is 19.7 Å². The Balaban J connectivity index is 2.38. The van der Waals surface area contributed by atoms with E-state index in [-0.39, 0.29) is 5.82 Å². The smallest absolute Gasteiger partial charge is 0.146 e. The number of nitrogen functional groups attached to an aromatic ring is 1. The number of halogens is 1. The van der Waals surface area contributed by atoms with E-state index < -0.39 is 0 Å². The van der Waals surface area contributed by atoms with E-state index in [2.05, 4.69) is 5.32 Å². The van der Waals surface area contributed by atoms with E-state index in [1.165, 1.54) is 6.07 Å². The normalized spacial score (nSPS) is 10.3. The number of hydrogen-bond acceptors (Lipinski definition) is 2. The van der Waals surface area contributed by atoms with Crippen LogP contribution in [0.4, 0.5) is 21.5 Å². The summed E-state index contributed by atoms with van der Waals surface area (Å²) in [6.07, 6.45) is 0. The zero-order valence-electron chi connectivity index (χ0n) is 9.92. The fraction of sp³-hybridized carbons (Fsp3) is 0.143. The third-order valence-electron chi connectivity index (χ3n) is 2.69. The van der Waals surface area contributed by atoms with Crippen LogP contribution in [0.1, 0.15) is 11.1 Å². The van der Waals surface area contributed by atoms with Gasteiger partial charge in [0, 0.05) is 0 Å². The van der Waals surface area contributed by atoms with E-state index in [1.807, 2.05) is 38.1 Å². The number of benzene rings is 2. The molecule has 0 aliphatic rings. The molecule has 0 bridgehead atoms. The third kappa shape index (κ3) is 2.38. The van der Waals surface area contributed by atoms with Crippen molar-refractivity contribution in [3.8, 4) is 0 Å². The zero-order valence-corrected chi connectivity index (χ0v) is 9.92. The molecule has 0 saturated heterocycles. The van der Waals surface area contributed by atoms with Crippen LogP contribution in [0.15, 0.2) is 36.4 Å². The molecule has 0 aromatic heterocycles. The lowest BCUT2D eigenvalue weighted by Gasteiger charge is -2.12. The highest BCUT2D eigenvalue weighted by Crippen LogP contribution is 2.27. The van der Waals surface area contributed by atoms with Crippen molar-refractivity contribution in [2.75, 3.05) is 11.1 Å². The fourth-order valence-electron chi connectivity index (χ4n) is 1.72. The van der Waals surface area contributed by atoms with Gasteiger partial charge in [-0.2, -0.15) is 0 Å². The number of rotatable bonds is 2. The highest BCUT2D eigenvalue weighted by Gasteiger charge is 2.07. The third-order valence-corrected chi connectivity index (χ3v) is 2.69. The first-order valence-corrected chi connectivity index (χ1v) is 5.46. The molecule has 2 nitrogen and oxygen atoms in total. The van der Waals surface area contributed by atoms with Gasteiger partial charge in [0.2, 0.25) is 0 Å². The lowest BCUT2D eigenvalue weighted by molar-refractivity contribution is 0.631. The van der Waals surface area contributed by atoms with Crippen molar-refractivity contribution in [2.45, 2.75) is 13.8 Å². The van der Waals surface area contributed by atoms with Gasteiger partial charge in [0.05, 0.1) is 17.1 Å². The number of nitrogens with two attached hydrogens (primary N) is 1. The van der Waals surface area contributed by atoms with Gasteiger partial charge in [-0.25, -0.2) is 4.39 Å². The molecule has 88 valence electrons. The number of anilines is 3. The van der Waals surface area contributed by atoms with Crippen molar-refractivity contribution in [1.29, 1.82) is 0 Å². The molecule has 0 aliphatic carbocycles. The van der Waals surface area contributed by atoms with Crippen molar-refractivity contribution in [1.82, 2.24) is 0 Å². The average molecular weight is 230 g/mol. The van der Waals surface area contributed by atoms with Gasteiger partial charge in [-0.1, -0.05) is 18.2 Å². The molecule has 0 fully saturated rings. The van der Waals surface area contributed by atoms with Gasteiger partial charge in [-0.15, -0.1) is 0 Å². The van der Waals surface area contributed by atoms with Crippen molar-refractivity contribution < 1.29 is 4.39 Å². The summed E-state index contributed by atoms with van der Waals surface area (Å²) >= 11 is 0. The summed E-state index contributed by atoms with van der Waals surface area (Å²) in [5.41, 5.74) is 9.64. The summed E-state index contributed by atoms with van der Waals surface area (Å²) in [6.45, 7) is 3.82. The van der Waals surface area contributed by atoms with Crippen molar-refractivity contribution in [3.05, 3.63) is 53.3 Å². The van der Waals surface area contributed by atoms with E-state index in [1.54, 1.807) is 6.07 Å². The molecule has 2 rings (SSSR count). The molecule has 0 unspecified atom stereocenters. The number of nitrogens with one attached hydrogen (secondary N) is 1. The first-order chi connectivity index (χ1) is 8.08. The van der Waals surface area contributed by atoms with Gasteiger partial charge < -0.3 is 11.1 Å². The summed E-state index contributed by atoms with van der Waals surface area (Å²) in [5.74, 6) is -0.273. The molecule has 0 saturated carbocycles. The van der Waals surface area contributed by atoms with E-state index >= 15 is 0 Å². The van der Waals surface area contributed by atoms with Gasteiger partial charge in [0.1, 0.15) is 5.82 Å². The Hall–Kier alpha value is -2.03. The maximum atomic E-state index is 13.6. The predicted molar refractivity (Wildman–Crippen MR) is 70.0 cm³/mol. The average Bonchev–Trinajstić information content (AvgIpc) is 2.26. The molecule has 0 atom stereocenters. The van der Waals surface area contributed by atoms with Crippen LogP contribution in [-0.2, 0) is 0 Å². The monoisotopic (exact) mass is 230 g/mol. The summed E-state index contributed by atoms with van der Waals surface area (Å²) in [7, 11) is 0. The summed E-state index contributed by atoms with van der Waals surface area (Å²) < 4.78 is 13.6. The molecule has 0 spiro atoms. The Morgan fingerprint density at radius 3 is 2.53 bits per heavy atom. The maximum Gasteiger partial charge on any atom is 0.146 e. The summed E-state index contributed by atoms with van der Waals surface area (Å²) in [5, 5.41) is 3.04. The first kappa shape index (κ1) is 11.5. The topological polar surface area (TPSA) is 38.0 Å². The summed E-state index contributed by atoms with van der Waals surface area (Å²) in [6, 6.07) is 10.6. The second kappa shape index (κ2) is 4.45. The second-order valence-corrected chi connectivity index (χ2v) is 4.15. The van der Waals surface area contributed by atoms with Gasteiger partial charge in [-0.05, 0) is 43.2 Å². The van der Waals surface area contributed by atoms with E-state index in [0.29, 0.717) is 11.4 Å². The van der Waals surface area contributed by atoms with Crippen LogP contribution in [0.2, 0.25) is 0 Å². The second-order valence-electron chi connectivity index (χ2n) is 4.15. The molecule has 2 aromatic rings. The molecule has 17 heavy (non-hydrogen) atoms. The number of para-hydroxylation sites is 1. The molecule has 2 aromatic carbocycles. The van der Waals surface area contributed by atoms with Crippen LogP contribution in [-0.4, -0.2) is 0 Å². The van der Waals surface area contributed by atoms with Crippen LogP contribution in [0.25, 0.3) is 0 Å². The first-order valence-electron chi connectivity index (χ1n) is 5.46. The molecular formula is C14H15FN2. The lowest BCUT2D eigenvalue weighted by Crippen LogP contribution is -2.00. The highest BCUT2D eigenvalue weighted by atomic mass is 19.1. The van der Waals surface area contributed by atoms with Crippen LogP contribution in [0.3, 0.4) is 0 Å². The van der Waals surface area contributed by atoms with Gasteiger partial charge in [0.25, 0.3) is 0 Å². The molecule has 0 heterocycles. The minimum atomic E-state index is -0.273. The SMILES string of the molecule is Cc1ccc(Nc2c(C)cccc2F)c(N)c1. The lowest BCUT2D eigenvalue weighted by atomic mass is 10.1. The Kier molecular flexibility index (Phi) is 3.00. The minimum absolute atomic E-state index is 0.273. The quantitative estimate of drug-likeness (QED) is 0.771. The Bertz CT molecular complexity index is 530. The fourth-order valence-corrected chi connectivity index (χ4v) is 1.72. The largest absolute Gasteiger partial charge is 0.397 e. The minimum Gasteiger partial charge on any atom is -0.397 e. The van der Waals surface area contributed by atoms with E-state index in [4.69, 9.17) is 5.73 Å².